The van der Waals surface area contributed by atoms with Gasteiger partial charge in [0.25, 0.3) is 5.91 Å². The molecule has 1 aliphatic rings. The molecule has 28 heavy (non-hydrogen) atoms. The Kier molecular flexibility index (Phi) is 5.75. The summed E-state index contributed by atoms with van der Waals surface area (Å²) in [4.78, 5) is 17.2. The summed E-state index contributed by atoms with van der Waals surface area (Å²) in [6, 6.07) is 28.3. The zero-order valence-corrected chi connectivity index (χ0v) is 16.4. The minimum Gasteiger partial charge on any atom is -0.336 e. The van der Waals surface area contributed by atoms with Gasteiger partial charge in [0.05, 0.1) is 6.04 Å². The predicted molar refractivity (Wildman–Crippen MR) is 114 cm³/mol. The van der Waals surface area contributed by atoms with E-state index in [1.807, 2.05) is 53.4 Å². The summed E-state index contributed by atoms with van der Waals surface area (Å²) in [5.74, 6) is 0.114. The summed E-state index contributed by atoms with van der Waals surface area (Å²) in [6.45, 7) is 3.12. The Balaban J connectivity index is 1.53. The summed E-state index contributed by atoms with van der Waals surface area (Å²) >= 11 is 6.10. The predicted octanol–water partition coefficient (Wildman–Crippen LogP) is 4.89. The molecule has 3 nitrogen and oxygen atoms in total. The Hall–Kier alpha value is -2.62. The molecular weight excluding hydrogens is 368 g/mol. The molecule has 3 aromatic carbocycles. The zero-order chi connectivity index (χ0) is 19.3. The molecule has 4 rings (SSSR count). The smallest absolute Gasteiger partial charge is 0.253 e. The third kappa shape index (κ3) is 4.11. The van der Waals surface area contributed by atoms with E-state index in [1.54, 1.807) is 0 Å². The van der Waals surface area contributed by atoms with Gasteiger partial charge in [0.1, 0.15) is 0 Å². The molecule has 3 aromatic rings. The quantitative estimate of drug-likeness (QED) is 0.633. The van der Waals surface area contributed by atoms with Gasteiger partial charge < -0.3 is 4.90 Å². The molecular formula is C24H23ClN2O. The first-order chi connectivity index (χ1) is 13.7. The van der Waals surface area contributed by atoms with E-state index in [-0.39, 0.29) is 11.9 Å². The first-order valence-electron chi connectivity index (χ1n) is 9.61. The van der Waals surface area contributed by atoms with Gasteiger partial charge in [-0.05, 0) is 35.4 Å². The van der Waals surface area contributed by atoms with Gasteiger partial charge in [0.15, 0.2) is 0 Å². The second kappa shape index (κ2) is 8.59. The molecule has 0 N–H and O–H groups in total. The lowest BCUT2D eigenvalue weighted by Gasteiger charge is -2.39. The number of benzene rings is 3. The molecule has 4 heteroatoms. The number of hydrogen-bond acceptors (Lipinski definition) is 2. The fraction of sp³-hybridized carbons (Fsp3) is 0.208. The van der Waals surface area contributed by atoms with Crippen LogP contribution in [0, 0.1) is 0 Å². The molecule has 1 amide bonds. The van der Waals surface area contributed by atoms with Crippen molar-refractivity contribution in [1.29, 1.82) is 0 Å². The van der Waals surface area contributed by atoms with E-state index >= 15 is 0 Å². The number of rotatable bonds is 4. The number of halogens is 1. The van der Waals surface area contributed by atoms with Gasteiger partial charge >= 0.3 is 0 Å². The minimum atomic E-state index is 0.114. The number of carbonyl (C=O) groups excluding carboxylic acids is 1. The van der Waals surface area contributed by atoms with Crippen LogP contribution >= 0.6 is 11.6 Å². The maximum atomic E-state index is 12.7. The lowest BCUT2D eigenvalue weighted by atomic mass is 9.96. The number of nitrogens with zero attached hydrogens (tertiary/aromatic N) is 2. The van der Waals surface area contributed by atoms with Crippen LogP contribution in [0.3, 0.4) is 0 Å². The largest absolute Gasteiger partial charge is 0.336 e. The van der Waals surface area contributed by atoms with Gasteiger partial charge in [0, 0.05) is 36.8 Å². The minimum absolute atomic E-state index is 0.114. The van der Waals surface area contributed by atoms with Crippen LogP contribution in [0.2, 0.25) is 5.02 Å². The van der Waals surface area contributed by atoms with Gasteiger partial charge in [-0.15, -0.1) is 0 Å². The topological polar surface area (TPSA) is 23.6 Å². The fourth-order valence-corrected chi connectivity index (χ4v) is 3.97. The molecule has 0 bridgehead atoms. The molecule has 0 saturated carbocycles. The molecule has 0 radical (unpaired) electrons. The first kappa shape index (κ1) is 18.7. The van der Waals surface area contributed by atoms with Crippen LogP contribution in [0.15, 0.2) is 84.9 Å². The van der Waals surface area contributed by atoms with E-state index in [2.05, 4.69) is 41.3 Å². The Bertz CT molecular complexity index is 904. The van der Waals surface area contributed by atoms with Crippen molar-refractivity contribution in [3.63, 3.8) is 0 Å². The highest BCUT2D eigenvalue weighted by molar-refractivity contribution is 6.30. The maximum Gasteiger partial charge on any atom is 0.253 e. The number of piperazine rings is 1. The molecule has 0 aliphatic carbocycles. The van der Waals surface area contributed by atoms with E-state index < -0.39 is 0 Å². The van der Waals surface area contributed by atoms with Gasteiger partial charge in [-0.3, -0.25) is 9.69 Å². The second-order valence-corrected chi connectivity index (χ2v) is 7.50. The van der Waals surface area contributed by atoms with Gasteiger partial charge in [-0.25, -0.2) is 0 Å². The Labute approximate surface area is 171 Å². The van der Waals surface area contributed by atoms with Crippen LogP contribution in [-0.4, -0.2) is 41.9 Å². The third-order valence-electron chi connectivity index (χ3n) is 5.29. The van der Waals surface area contributed by atoms with Crippen LogP contribution in [0.4, 0.5) is 0 Å². The molecule has 0 spiro atoms. The highest BCUT2D eigenvalue weighted by atomic mass is 35.5. The SMILES string of the molecule is O=C(c1ccccc1)N1CCN([C@@H](c2ccccc2)c2ccc(Cl)cc2)CC1. The van der Waals surface area contributed by atoms with Gasteiger partial charge in [-0.1, -0.05) is 72.3 Å². The van der Waals surface area contributed by atoms with Crippen molar-refractivity contribution in [1.82, 2.24) is 9.80 Å². The first-order valence-corrected chi connectivity index (χ1v) is 9.99. The van der Waals surface area contributed by atoms with Crippen LogP contribution in [0.5, 0.6) is 0 Å². The van der Waals surface area contributed by atoms with Gasteiger partial charge in [-0.2, -0.15) is 0 Å². The van der Waals surface area contributed by atoms with Crippen molar-refractivity contribution < 1.29 is 4.79 Å². The molecule has 1 saturated heterocycles. The lowest BCUT2D eigenvalue weighted by Crippen LogP contribution is -2.49. The average Bonchev–Trinajstić information content (AvgIpc) is 2.77. The van der Waals surface area contributed by atoms with Crippen molar-refractivity contribution in [2.24, 2.45) is 0 Å². The van der Waals surface area contributed by atoms with E-state index in [9.17, 15) is 4.79 Å². The zero-order valence-electron chi connectivity index (χ0n) is 15.7. The van der Waals surface area contributed by atoms with Crippen LogP contribution in [0.1, 0.15) is 27.5 Å². The summed E-state index contributed by atoms with van der Waals surface area (Å²) < 4.78 is 0. The summed E-state index contributed by atoms with van der Waals surface area (Å²) in [5.41, 5.74) is 3.24. The summed E-state index contributed by atoms with van der Waals surface area (Å²) in [7, 11) is 0. The molecule has 1 atom stereocenters. The Morgan fingerprint density at radius 3 is 1.86 bits per heavy atom. The maximum absolute atomic E-state index is 12.7. The second-order valence-electron chi connectivity index (χ2n) is 7.06. The lowest BCUT2D eigenvalue weighted by molar-refractivity contribution is 0.0597. The highest BCUT2D eigenvalue weighted by Crippen LogP contribution is 2.30. The standard InChI is InChI=1S/C24H23ClN2O/c25-22-13-11-20(12-14-22)23(19-7-3-1-4-8-19)26-15-17-27(18-16-26)24(28)21-9-5-2-6-10-21/h1-14,23H,15-18H2/t23-/m0/s1. The van der Waals surface area contributed by atoms with Gasteiger partial charge in [0.2, 0.25) is 0 Å². The number of carbonyl (C=O) groups is 1. The molecule has 142 valence electrons. The Morgan fingerprint density at radius 1 is 0.714 bits per heavy atom. The molecule has 1 heterocycles. The molecule has 0 aromatic heterocycles. The van der Waals surface area contributed by atoms with E-state index in [0.717, 1.165) is 36.8 Å². The normalized spacial score (nSPS) is 16.0. The molecule has 1 fully saturated rings. The van der Waals surface area contributed by atoms with E-state index in [4.69, 9.17) is 11.6 Å². The number of hydrogen-bond donors (Lipinski definition) is 0. The van der Waals surface area contributed by atoms with Crippen molar-refractivity contribution in [3.05, 3.63) is 107 Å². The average molecular weight is 391 g/mol. The fourth-order valence-electron chi connectivity index (χ4n) is 3.84. The molecule has 1 aliphatic heterocycles. The van der Waals surface area contributed by atoms with Crippen molar-refractivity contribution in [3.8, 4) is 0 Å². The summed E-state index contributed by atoms with van der Waals surface area (Å²) in [5, 5.41) is 0.744. The van der Waals surface area contributed by atoms with Crippen LogP contribution in [-0.2, 0) is 0 Å². The monoisotopic (exact) mass is 390 g/mol. The Morgan fingerprint density at radius 2 is 1.25 bits per heavy atom. The van der Waals surface area contributed by atoms with Crippen molar-refractivity contribution in [2.45, 2.75) is 6.04 Å². The van der Waals surface area contributed by atoms with E-state index in [0.29, 0.717) is 0 Å². The van der Waals surface area contributed by atoms with Crippen LogP contribution in [0.25, 0.3) is 0 Å². The van der Waals surface area contributed by atoms with E-state index in [1.165, 1.54) is 11.1 Å². The van der Waals surface area contributed by atoms with Crippen molar-refractivity contribution in [2.75, 3.05) is 26.2 Å². The number of amides is 1. The molecule has 0 unspecified atom stereocenters. The third-order valence-corrected chi connectivity index (χ3v) is 5.54. The highest BCUT2D eigenvalue weighted by Gasteiger charge is 2.28. The van der Waals surface area contributed by atoms with Crippen molar-refractivity contribution >= 4 is 17.5 Å². The van der Waals surface area contributed by atoms with Crippen LogP contribution < -0.4 is 0 Å². The summed E-state index contributed by atoms with van der Waals surface area (Å²) in [6.07, 6.45) is 0.